The van der Waals surface area contributed by atoms with Gasteiger partial charge in [-0.15, -0.1) is 0 Å². The molecule has 1 amide bonds. The first-order valence-corrected chi connectivity index (χ1v) is 7.97. The van der Waals surface area contributed by atoms with E-state index < -0.39 is 12.0 Å². The Morgan fingerprint density at radius 1 is 1.27 bits per heavy atom. The molecule has 5 nitrogen and oxygen atoms in total. The average Bonchev–Trinajstić information content (AvgIpc) is 2.86. The highest BCUT2D eigenvalue weighted by atomic mass is 35.5. The Balaban J connectivity index is 1.95. The summed E-state index contributed by atoms with van der Waals surface area (Å²) >= 11 is 6.13. The Morgan fingerprint density at radius 3 is 2.68 bits per heavy atom. The number of aliphatic carboxylic acids is 1. The summed E-state index contributed by atoms with van der Waals surface area (Å²) < 4.78 is 0. The van der Waals surface area contributed by atoms with E-state index in [0.29, 0.717) is 17.7 Å². The number of carbonyl (C=O) groups excluding carboxylic acids is 1. The van der Waals surface area contributed by atoms with Crippen molar-refractivity contribution in [3.63, 3.8) is 0 Å². The lowest BCUT2D eigenvalue weighted by molar-refractivity contribution is -0.141. The van der Waals surface area contributed by atoms with Gasteiger partial charge in [-0.25, -0.2) is 4.79 Å². The molecule has 2 fully saturated rings. The summed E-state index contributed by atoms with van der Waals surface area (Å²) in [6.07, 6.45) is 4.55. The predicted molar refractivity (Wildman–Crippen MR) is 83.8 cm³/mol. The first-order valence-electron chi connectivity index (χ1n) is 7.59. The lowest BCUT2D eigenvalue weighted by Crippen LogP contribution is -2.46. The van der Waals surface area contributed by atoms with Gasteiger partial charge in [-0.3, -0.25) is 4.79 Å². The number of halogens is 1. The Bertz CT molecular complexity index is 619. The number of likely N-dealkylation sites (tertiary alicyclic amines) is 1. The van der Waals surface area contributed by atoms with E-state index in [1.165, 1.54) is 6.07 Å². The van der Waals surface area contributed by atoms with Gasteiger partial charge in [-0.05, 0) is 43.4 Å². The number of nitrogens with two attached hydrogens (primary N) is 1. The summed E-state index contributed by atoms with van der Waals surface area (Å²) in [6, 6.07) is 3.97. The topological polar surface area (TPSA) is 83.6 Å². The third-order valence-corrected chi connectivity index (χ3v) is 5.14. The molecule has 2 aliphatic rings. The molecule has 1 saturated carbocycles. The number of carboxylic acid groups (broad SMARTS) is 1. The van der Waals surface area contributed by atoms with E-state index in [4.69, 9.17) is 17.3 Å². The van der Waals surface area contributed by atoms with Crippen LogP contribution in [0.1, 0.15) is 42.5 Å². The zero-order chi connectivity index (χ0) is 15.9. The van der Waals surface area contributed by atoms with E-state index in [0.717, 1.165) is 25.7 Å². The molecule has 3 atom stereocenters. The maximum absolute atomic E-state index is 12.9. The number of nitrogens with zero attached hydrogens (tertiary/aromatic N) is 1. The second-order valence-electron chi connectivity index (χ2n) is 6.15. The largest absolute Gasteiger partial charge is 0.480 e. The standard InChI is InChI=1S/C16H19ClN2O3/c17-12-8-10(18)5-6-11(12)15(20)19-13-4-2-1-3-9(13)7-14(19)16(21)22/h5-6,8-9,13-14H,1-4,7,18H2,(H,21,22). The minimum Gasteiger partial charge on any atom is -0.480 e. The van der Waals surface area contributed by atoms with Crippen molar-refractivity contribution in [1.29, 1.82) is 0 Å². The van der Waals surface area contributed by atoms with E-state index in [1.807, 2.05) is 0 Å². The van der Waals surface area contributed by atoms with Crippen molar-refractivity contribution in [3.05, 3.63) is 28.8 Å². The summed E-state index contributed by atoms with van der Waals surface area (Å²) in [5.74, 6) is -0.951. The smallest absolute Gasteiger partial charge is 0.326 e. The molecule has 0 spiro atoms. The molecular weight excluding hydrogens is 304 g/mol. The Labute approximate surface area is 134 Å². The Morgan fingerprint density at radius 2 is 2.00 bits per heavy atom. The molecule has 3 rings (SSSR count). The maximum Gasteiger partial charge on any atom is 0.326 e. The zero-order valence-electron chi connectivity index (χ0n) is 12.2. The molecule has 1 aromatic carbocycles. The second-order valence-corrected chi connectivity index (χ2v) is 6.56. The van der Waals surface area contributed by atoms with E-state index in [9.17, 15) is 14.7 Å². The number of anilines is 1. The van der Waals surface area contributed by atoms with Gasteiger partial charge >= 0.3 is 5.97 Å². The van der Waals surface area contributed by atoms with Crippen LogP contribution in [-0.2, 0) is 4.79 Å². The van der Waals surface area contributed by atoms with Crippen molar-refractivity contribution in [3.8, 4) is 0 Å². The number of fused-ring (bicyclic) bond motifs is 1. The molecule has 1 heterocycles. The summed E-state index contributed by atoms with van der Waals surface area (Å²) in [7, 11) is 0. The van der Waals surface area contributed by atoms with E-state index in [2.05, 4.69) is 0 Å². The third kappa shape index (κ3) is 2.54. The fourth-order valence-corrected chi connectivity index (χ4v) is 4.09. The molecule has 0 radical (unpaired) electrons. The Kier molecular flexibility index (Phi) is 4.00. The van der Waals surface area contributed by atoms with Gasteiger partial charge < -0.3 is 15.7 Å². The molecular formula is C16H19ClN2O3. The molecule has 118 valence electrons. The molecule has 22 heavy (non-hydrogen) atoms. The van der Waals surface area contributed by atoms with Gasteiger partial charge in [-0.1, -0.05) is 24.4 Å². The summed E-state index contributed by atoms with van der Waals surface area (Å²) in [5, 5.41) is 9.76. The van der Waals surface area contributed by atoms with Crippen LogP contribution in [-0.4, -0.2) is 34.0 Å². The van der Waals surface area contributed by atoms with E-state index in [-0.39, 0.29) is 22.9 Å². The predicted octanol–water partition coefficient (Wildman–Crippen LogP) is 2.78. The number of amides is 1. The lowest BCUT2D eigenvalue weighted by atomic mass is 9.84. The van der Waals surface area contributed by atoms with E-state index in [1.54, 1.807) is 17.0 Å². The van der Waals surface area contributed by atoms with Gasteiger partial charge in [-0.2, -0.15) is 0 Å². The van der Waals surface area contributed by atoms with Crippen LogP contribution in [0.25, 0.3) is 0 Å². The molecule has 3 N–H and O–H groups in total. The second kappa shape index (κ2) is 5.80. The summed E-state index contributed by atoms with van der Waals surface area (Å²) in [4.78, 5) is 26.0. The van der Waals surface area contributed by atoms with Crippen molar-refractivity contribution >= 4 is 29.2 Å². The van der Waals surface area contributed by atoms with Gasteiger partial charge in [0.1, 0.15) is 6.04 Å². The van der Waals surface area contributed by atoms with Crippen molar-refractivity contribution < 1.29 is 14.7 Å². The lowest BCUT2D eigenvalue weighted by Gasteiger charge is -2.33. The van der Waals surface area contributed by atoms with Gasteiger partial charge in [0.05, 0.1) is 10.6 Å². The van der Waals surface area contributed by atoms with Crippen molar-refractivity contribution in [2.24, 2.45) is 5.92 Å². The highest BCUT2D eigenvalue weighted by Crippen LogP contribution is 2.41. The van der Waals surface area contributed by atoms with Crippen molar-refractivity contribution in [2.45, 2.75) is 44.2 Å². The van der Waals surface area contributed by atoms with E-state index >= 15 is 0 Å². The minimum absolute atomic E-state index is 0.0102. The number of carboxylic acids is 1. The molecule has 1 aliphatic carbocycles. The van der Waals surface area contributed by atoms with Crippen LogP contribution < -0.4 is 5.73 Å². The number of benzene rings is 1. The number of hydrogen-bond donors (Lipinski definition) is 2. The van der Waals surface area contributed by atoms with Crippen molar-refractivity contribution in [2.75, 3.05) is 5.73 Å². The molecule has 0 bridgehead atoms. The van der Waals surface area contributed by atoms with Crippen LogP contribution in [0.2, 0.25) is 5.02 Å². The first-order chi connectivity index (χ1) is 10.5. The molecule has 1 aromatic rings. The SMILES string of the molecule is Nc1ccc(C(=O)N2C(C(=O)O)CC3CCCCC32)c(Cl)c1. The molecule has 6 heteroatoms. The zero-order valence-corrected chi connectivity index (χ0v) is 12.9. The Hall–Kier alpha value is -1.75. The number of carbonyl (C=O) groups is 2. The van der Waals surface area contributed by atoms with Crippen LogP contribution in [0, 0.1) is 5.92 Å². The molecule has 0 aromatic heterocycles. The fourth-order valence-electron chi connectivity index (χ4n) is 3.82. The maximum atomic E-state index is 12.9. The van der Waals surface area contributed by atoms with Crippen molar-refractivity contribution in [1.82, 2.24) is 4.90 Å². The van der Waals surface area contributed by atoms with Crippen LogP contribution >= 0.6 is 11.6 Å². The van der Waals surface area contributed by atoms with Gasteiger partial charge in [0.25, 0.3) is 5.91 Å². The van der Waals surface area contributed by atoms with Gasteiger partial charge in [0.2, 0.25) is 0 Å². The van der Waals surface area contributed by atoms with Crippen LogP contribution in [0.15, 0.2) is 18.2 Å². The van der Waals surface area contributed by atoms with Gasteiger partial charge in [0, 0.05) is 11.7 Å². The molecule has 1 aliphatic heterocycles. The highest BCUT2D eigenvalue weighted by Gasteiger charge is 2.47. The normalized spacial score (nSPS) is 27.5. The number of rotatable bonds is 2. The quantitative estimate of drug-likeness (QED) is 0.820. The fraction of sp³-hybridized carbons (Fsp3) is 0.500. The van der Waals surface area contributed by atoms with Gasteiger partial charge in [0.15, 0.2) is 0 Å². The molecule has 1 saturated heterocycles. The van der Waals surface area contributed by atoms with Crippen LogP contribution in [0.4, 0.5) is 5.69 Å². The monoisotopic (exact) mass is 322 g/mol. The average molecular weight is 323 g/mol. The third-order valence-electron chi connectivity index (χ3n) is 4.83. The van der Waals surface area contributed by atoms with Crippen LogP contribution in [0.3, 0.4) is 0 Å². The van der Waals surface area contributed by atoms with Crippen LogP contribution in [0.5, 0.6) is 0 Å². The summed E-state index contributed by atoms with van der Waals surface area (Å²) in [6.45, 7) is 0. The first kappa shape index (κ1) is 15.2. The molecule has 3 unspecified atom stereocenters. The number of hydrogen-bond acceptors (Lipinski definition) is 3. The number of nitrogen functional groups attached to an aromatic ring is 1. The minimum atomic E-state index is -0.936. The highest BCUT2D eigenvalue weighted by molar-refractivity contribution is 6.34. The summed E-state index contributed by atoms with van der Waals surface area (Å²) in [5.41, 5.74) is 6.47.